The van der Waals surface area contributed by atoms with Crippen molar-refractivity contribution in [1.29, 1.82) is 0 Å². The molecule has 0 saturated carbocycles. The molecule has 3 aromatic carbocycles. The highest BCUT2D eigenvalue weighted by atomic mass is 35.5. The van der Waals surface area contributed by atoms with Gasteiger partial charge in [0.25, 0.3) is 0 Å². The van der Waals surface area contributed by atoms with Gasteiger partial charge in [0.1, 0.15) is 0 Å². The Hall–Kier alpha value is -3.22. The van der Waals surface area contributed by atoms with E-state index < -0.39 is 11.9 Å². The summed E-state index contributed by atoms with van der Waals surface area (Å²) in [4.78, 5) is 22.0. The Kier molecular flexibility index (Phi) is 6.26. The van der Waals surface area contributed by atoms with Crippen molar-refractivity contribution in [3.8, 4) is 0 Å². The van der Waals surface area contributed by atoms with Crippen molar-refractivity contribution in [3.05, 3.63) is 87.4 Å². The normalized spacial score (nSPS) is 10.4. The highest BCUT2D eigenvalue weighted by Gasteiger charge is 2.09. The largest absolute Gasteiger partial charge is 0.478 e. The van der Waals surface area contributed by atoms with Crippen LogP contribution in [0.25, 0.3) is 0 Å². The molecule has 4 N–H and O–H groups in total. The van der Waals surface area contributed by atoms with Crippen molar-refractivity contribution < 1.29 is 19.8 Å². The van der Waals surface area contributed by atoms with Crippen LogP contribution < -0.4 is 10.6 Å². The lowest BCUT2D eigenvalue weighted by Gasteiger charge is -2.11. The van der Waals surface area contributed by atoms with Crippen molar-refractivity contribution in [2.75, 3.05) is 10.6 Å². The fraction of sp³-hybridized carbons (Fsp3) is 0.0476. The van der Waals surface area contributed by atoms with Gasteiger partial charge in [-0.25, -0.2) is 9.59 Å². The van der Waals surface area contributed by atoms with E-state index in [9.17, 15) is 9.59 Å². The zero-order valence-corrected chi connectivity index (χ0v) is 16.5. The SMILES string of the molecule is O=C(O)c1ccc(NCc2ccc(Nc3ccc(C(=O)O)c(Cl)c3)cc2)c(Cl)c1. The van der Waals surface area contributed by atoms with Crippen molar-refractivity contribution in [3.63, 3.8) is 0 Å². The van der Waals surface area contributed by atoms with E-state index in [1.165, 1.54) is 18.2 Å². The molecule has 148 valence electrons. The van der Waals surface area contributed by atoms with Crippen LogP contribution in [0.4, 0.5) is 17.1 Å². The minimum atomic E-state index is -1.07. The molecule has 0 spiro atoms. The van der Waals surface area contributed by atoms with Crippen molar-refractivity contribution >= 4 is 52.2 Å². The second kappa shape index (κ2) is 8.86. The van der Waals surface area contributed by atoms with E-state index in [-0.39, 0.29) is 16.1 Å². The first kappa shape index (κ1) is 20.5. The van der Waals surface area contributed by atoms with E-state index in [1.54, 1.807) is 18.2 Å². The molecule has 8 heteroatoms. The van der Waals surface area contributed by atoms with Gasteiger partial charge in [-0.2, -0.15) is 0 Å². The van der Waals surface area contributed by atoms with Gasteiger partial charge in [0.15, 0.2) is 0 Å². The Morgan fingerprint density at radius 2 is 1.48 bits per heavy atom. The van der Waals surface area contributed by atoms with E-state index in [1.807, 2.05) is 24.3 Å². The van der Waals surface area contributed by atoms with Crippen LogP contribution in [0.3, 0.4) is 0 Å². The van der Waals surface area contributed by atoms with Crippen LogP contribution in [0.5, 0.6) is 0 Å². The van der Waals surface area contributed by atoms with Gasteiger partial charge >= 0.3 is 11.9 Å². The molecule has 0 fully saturated rings. The number of carbonyl (C=O) groups is 2. The number of carboxylic acids is 2. The van der Waals surface area contributed by atoms with Gasteiger partial charge in [0, 0.05) is 17.9 Å². The van der Waals surface area contributed by atoms with Gasteiger partial charge in [-0.05, 0) is 54.1 Å². The smallest absolute Gasteiger partial charge is 0.337 e. The Balaban J connectivity index is 1.63. The Morgan fingerprint density at radius 1 is 0.793 bits per heavy atom. The Labute approximate surface area is 176 Å². The zero-order chi connectivity index (χ0) is 21.0. The van der Waals surface area contributed by atoms with Gasteiger partial charge in [-0.1, -0.05) is 35.3 Å². The van der Waals surface area contributed by atoms with Crippen LogP contribution in [0.2, 0.25) is 10.0 Å². The minimum Gasteiger partial charge on any atom is -0.478 e. The van der Waals surface area contributed by atoms with Gasteiger partial charge in [-0.3, -0.25) is 0 Å². The Bertz CT molecular complexity index is 1070. The molecule has 0 bridgehead atoms. The van der Waals surface area contributed by atoms with E-state index in [0.717, 1.165) is 11.3 Å². The molecular formula is C21H16Cl2N2O4. The number of nitrogens with one attached hydrogen (secondary N) is 2. The van der Waals surface area contributed by atoms with Crippen LogP contribution in [0.15, 0.2) is 60.7 Å². The summed E-state index contributed by atoms with van der Waals surface area (Å²) in [5.74, 6) is -2.10. The third-order valence-corrected chi connectivity index (χ3v) is 4.77. The summed E-state index contributed by atoms with van der Waals surface area (Å²) in [6, 6.07) is 16.8. The van der Waals surface area contributed by atoms with Crippen LogP contribution in [0.1, 0.15) is 26.3 Å². The molecule has 0 atom stereocenters. The highest BCUT2D eigenvalue weighted by Crippen LogP contribution is 2.26. The Morgan fingerprint density at radius 3 is 2.07 bits per heavy atom. The van der Waals surface area contributed by atoms with Crippen LogP contribution in [-0.2, 0) is 6.54 Å². The first-order valence-corrected chi connectivity index (χ1v) is 9.24. The summed E-state index contributed by atoms with van der Waals surface area (Å²) >= 11 is 12.1. The van der Waals surface area contributed by atoms with Gasteiger partial charge in [0.05, 0.1) is 26.9 Å². The summed E-state index contributed by atoms with van der Waals surface area (Å²) in [6.07, 6.45) is 0. The molecule has 0 heterocycles. The van der Waals surface area contributed by atoms with E-state index in [0.29, 0.717) is 22.9 Å². The predicted octanol–water partition coefficient (Wildman–Crippen LogP) is 5.75. The minimum absolute atomic E-state index is 0.0497. The number of carboxylic acid groups (broad SMARTS) is 2. The molecule has 0 aliphatic carbocycles. The second-order valence-electron chi connectivity index (χ2n) is 6.18. The lowest BCUT2D eigenvalue weighted by atomic mass is 10.1. The van der Waals surface area contributed by atoms with Gasteiger partial charge in [0.2, 0.25) is 0 Å². The molecule has 0 aliphatic heterocycles. The van der Waals surface area contributed by atoms with Gasteiger partial charge in [-0.15, -0.1) is 0 Å². The first-order chi connectivity index (χ1) is 13.8. The number of halogens is 2. The monoisotopic (exact) mass is 430 g/mol. The number of aromatic carboxylic acids is 2. The number of benzene rings is 3. The van der Waals surface area contributed by atoms with Crippen LogP contribution in [-0.4, -0.2) is 22.2 Å². The number of anilines is 3. The third kappa shape index (κ3) is 5.19. The standard InChI is InChI=1S/C21H16Cl2N2O4/c22-17-10-15(6-7-16(17)21(28)29)25-14-4-1-12(2-5-14)11-24-19-8-3-13(20(26)27)9-18(19)23/h1-10,24-25H,11H2,(H,26,27)(H,28,29). The first-order valence-electron chi connectivity index (χ1n) is 8.49. The summed E-state index contributed by atoms with van der Waals surface area (Å²) in [5.41, 5.74) is 3.31. The average molecular weight is 431 g/mol. The molecule has 0 amide bonds. The number of hydrogen-bond acceptors (Lipinski definition) is 4. The second-order valence-corrected chi connectivity index (χ2v) is 6.99. The summed E-state index contributed by atoms with van der Waals surface area (Å²) in [5, 5.41) is 24.8. The number of rotatable bonds is 7. The fourth-order valence-electron chi connectivity index (χ4n) is 2.63. The van der Waals surface area contributed by atoms with Crippen LogP contribution in [0, 0.1) is 0 Å². The molecule has 0 aliphatic rings. The molecule has 0 unspecified atom stereocenters. The molecule has 6 nitrogen and oxygen atoms in total. The predicted molar refractivity (Wildman–Crippen MR) is 114 cm³/mol. The lowest BCUT2D eigenvalue weighted by molar-refractivity contribution is 0.0686. The highest BCUT2D eigenvalue weighted by molar-refractivity contribution is 6.34. The quantitative estimate of drug-likeness (QED) is 0.381. The fourth-order valence-corrected chi connectivity index (χ4v) is 3.14. The molecule has 0 aromatic heterocycles. The molecule has 0 radical (unpaired) electrons. The van der Waals surface area contributed by atoms with E-state index >= 15 is 0 Å². The molecule has 3 rings (SSSR count). The van der Waals surface area contributed by atoms with Crippen LogP contribution >= 0.6 is 23.2 Å². The zero-order valence-electron chi connectivity index (χ0n) is 14.9. The maximum atomic E-state index is 11.0. The molecular weight excluding hydrogens is 415 g/mol. The maximum Gasteiger partial charge on any atom is 0.337 e. The van der Waals surface area contributed by atoms with Crippen molar-refractivity contribution in [2.24, 2.45) is 0 Å². The molecule has 29 heavy (non-hydrogen) atoms. The van der Waals surface area contributed by atoms with Crippen molar-refractivity contribution in [1.82, 2.24) is 0 Å². The number of hydrogen-bond donors (Lipinski definition) is 4. The van der Waals surface area contributed by atoms with Crippen molar-refractivity contribution in [2.45, 2.75) is 6.54 Å². The lowest BCUT2D eigenvalue weighted by Crippen LogP contribution is -2.02. The average Bonchev–Trinajstić information content (AvgIpc) is 2.68. The topological polar surface area (TPSA) is 98.7 Å². The molecule has 3 aromatic rings. The summed E-state index contributed by atoms with van der Waals surface area (Å²) < 4.78 is 0. The summed E-state index contributed by atoms with van der Waals surface area (Å²) in [7, 11) is 0. The third-order valence-electron chi connectivity index (χ3n) is 4.14. The molecule has 0 saturated heterocycles. The summed E-state index contributed by atoms with van der Waals surface area (Å²) in [6.45, 7) is 0.506. The maximum absolute atomic E-state index is 11.0. The van der Waals surface area contributed by atoms with E-state index in [4.69, 9.17) is 33.4 Å². The van der Waals surface area contributed by atoms with Gasteiger partial charge < -0.3 is 20.8 Å². The van der Waals surface area contributed by atoms with E-state index in [2.05, 4.69) is 10.6 Å².